The van der Waals surface area contributed by atoms with Crippen molar-refractivity contribution in [2.24, 2.45) is 0 Å². The number of alkyl halides is 3. The van der Waals surface area contributed by atoms with Crippen molar-refractivity contribution >= 4 is 28.1 Å². The number of halogens is 3. The Morgan fingerprint density at radius 1 is 1.03 bits per heavy atom. The molecule has 0 spiro atoms. The van der Waals surface area contributed by atoms with Crippen LogP contribution in [-0.4, -0.2) is 10.9 Å². The van der Waals surface area contributed by atoms with E-state index < -0.39 is 17.6 Å². The highest BCUT2D eigenvalue weighted by molar-refractivity contribution is 7.15. The van der Waals surface area contributed by atoms with Gasteiger partial charge in [-0.2, -0.15) is 13.2 Å². The van der Waals surface area contributed by atoms with Gasteiger partial charge < -0.3 is 10.2 Å². The predicted octanol–water partition coefficient (Wildman–Crippen LogP) is 5.85. The van der Waals surface area contributed by atoms with Gasteiger partial charge in [-0.3, -0.25) is 10.1 Å². The molecular formula is C22H16F3N3O2S. The number of rotatable bonds is 5. The van der Waals surface area contributed by atoms with Crippen LogP contribution in [0.2, 0.25) is 0 Å². The Hall–Kier alpha value is -3.59. The maximum atomic E-state index is 12.7. The van der Waals surface area contributed by atoms with Crippen molar-refractivity contribution in [1.82, 2.24) is 4.98 Å². The second-order valence-corrected chi connectivity index (χ2v) is 7.86. The number of amides is 1. The number of furan rings is 1. The lowest BCUT2D eigenvalue weighted by Crippen LogP contribution is -2.10. The zero-order valence-corrected chi connectivity index (χ0v) is 16.8. The second-order valence-electron chi connectivity index (χ2n) is 6.74. The number of carbonyl (C=O) groups is 1. The number of hydrogen-bond acceptors (Lipinski definition) is 5. The maximum Gasteiger partial charge on any atom is 0.416 e. The van der Waals surface area contributed by atoms with Gasteiger partial charge in [-0.15, -0.1) is 11.3 Å². The third-order valence-corrected chi connectivity index (χ3v) is 5.37. The summed E-state index contributed by atoms with van der Waals surface area (Å²) >= 11 is 1.24. The summed E-state index contributed by atoms with van der Waals surface area (Å²) in [5, 5.41) is 3.05. The van der Waals surface area contributed by atoms with Gasteiger partial charge in [-0.05, 0) is 54.1 Å². The van der Waals surface area contributed by atoms with Crippen LogP contribution in [0.25, 0.3) is 11.3 Å². The number of nitrogen functional groups attached to an aromatic ring is 1. The summed E-state index contributed by atoms with van der Waals surface area (Å²) in [6.45, 7) is 0. The van der Waals surface area contributed by atoms with Crippen LogP contribution >= 0.6 is 11.3 Å². The Kier molecular flexibility index (Phi) is 5.51. The first kappa shape index (κ1) is 20.7. The quantitative estimate of drug-likeness (QED) is 0.379. The minimum absolute atomic E-state index is 0.131. The molecule has 31 heavy (non-hydrogen) atoms. The van der Waals surface area contributed by atoms with Gasteiger partial charge in [-0.1, -0.05) is 12.1 Å². The van der Waals surface area contributed by atoms with Gasteiger partial charge in [0.25, 0.3) is 5.91 Å². The van der Waals surface area contributed by atoms with E-state index in [1.165, 1.54) is 23.5 Å². The van der Waals surface area contributed by atoms with E-state index in [-0.39, 0.29) is 5.76 Å². The summed E-state index contributed by atoms with van der Waals surface area (Å²) in [4.78, 5) is 17.4. The van der Waals surface area contributed by atoms with Crippen molar-refractivity contribution in [3.05, 3.63) is 88.6 Å². The third kappa shape index (κ3) is 4.95. The number of aromatic nitrogens is 1. The van der Waals surface area contributed by atoms with E-state index in [9.17, 15) is 18.0 Å². The van der Waals surface area contributed by atoms with Crippen LogP contribution in [-0.2, 0) is 12.6 Å². The van der Waals surface area contributed by atoms with Gasteiger partial charge >= 0.3 is 6.18 Å². The van der Waals surface area contributed by atoms with Crippen LogP contribution in [0, 0.1) is 0 Å². The largest absolute Gasteiger partial charge is 0.451 e. The van der Waals surface area contributed by atoms with Gasteiger partial charge in [0.1, 0.15) is 5.76 Å². The summed E-state index contributed by atoms with van der Waals surface area (Å²) in [6, 6.07) is 15.3. The highest BCUT2D eigenvalue weighted by Crippen LogP contribution is 2.30. The van der Waals surface area contributed by atoms with Gasteiger partial charge in [0.2, 0.25) is 0 Å². The predicted molar refractivity (Wildman–Crippen MR) is 113 cm³/mol. The van der Waals surface area contributed by atoms with Crippen LogP contribution in [0.1, 0.15) is 26.6 Å². The molecule has 158 valence electrons. The molecule has 4 aromatic rings. The first-order chi connectivity index (χ1) is 14.8. The molecule has 0 fully saturated rings. The van der Waals surface area contributed by atoms with E-state index in [1.807, 2.05) is 0 Å². The topological polar surface area (TPSA) is 81.2 Å². The van der Waals surface area contributed by atoms with E-state index >= 15 is 0 Å². The molecule has 2 aromatic heterocycles. The van der Waals surface area contributed by atoms with E-state index in [4.69, 9.17) is 10.2 Å². The molecule has 0 aliphatic heterocycles. The molecule has 0 aliphatic rings. The first-order valence-electron chi connectivity index (χ1n) is 9.16. The summed E-state index contributed by atoms with van der Waals surface area (Å²) in [7, 11) is 0. The number of carbonyl (C=O) groups excluding carboxylic acids is 1. The molecule has 0 radical (unpaired) electrons. The summed E-state index contributed by atoms with van der Waals surface area (Å²) < 4.78 is 43.6. The van der Waals surface area contributed by atoms with Crippen LogP contribution in [0.3, 0.4) is 0 Å². The summed E-state index contributed by atoms with van der Waals surface area (Å²) in [5.74, 6) is 0.218. The molecule has 9 heteroatoms. The Labute approximate surface area is 179 Å². The Balaban J connectivity index is 1.40. The van der Waals surface area contributed by atoms with Crippen molar-refractivity contribution < 1.29 is 22.4 Å². The van der Waals surface area contributed by atoms with Crippen molar-refractivity contribution in [3.8, 4) is 11.3 Å². The van der Waals surface area contributed by atoms with E-state index in [1.54, 1.807) is 42.6 Å². The molecule has 0 bridgehead atoms. The minimum Gasteiger partial charge on any atom is -0.451 e. The summed E-state index contributed by atoms with van der Waals surface area (Å²) in [5.41, 5.74) is 7.12. The molecule has 0 saturated heterocycles. The van der Waals surface area contributed by atoms with Crippen LogP contribution in [0.5, 0.6) is 0 Å². The second kappa shape index (κ2) is 8.27. The average Bonchev–Trinajstić information content (AvgIpc) is 3.38. The first-order valence-corrected chi connectivity index (χ1v) is 9.97. The van der Waals surface area contributed by atoms with Gasteiger partial charge in [-0.25, -0.2) is 4.98 Å². The third-order valence-electron chi connectivity index (χ3n) is 4.46. The molecule has 0 saturated carbocycles. The van der Waals surface area contributed by atoms with Crippen molar-refractivity contribution in [1.29, 1.82) is 0 Å². The van der Waals surface area contributed by atoms with Gasteiger partial charge in [0.15, 0.2) is 10.9 Å². The molecular weight excluding hydrogens is 427 g/mol. The molecule has 0 atom stereocenters. The Morgan fingerprint density at radius 2 is 1.74 bits per heavy atom. The fourth-order valence-electron chi connectivity index (χ4n) is 2.88. The van der Waals surface area contributed by atoms with Crippen LogP contribution in [0.4, 0.5) is 24.0 Å². The van der Waals surface area contributed by atoms with Crippen molar-refractivity contribution in [2.45, 2.75) is 12.6 Å². The number of nitrogens with zero attached hydrogens (tertiary/aromatic N) is 1. The molecule has 2 aromatic carbocycles. The number of anilines is 2. The average molecular weight is 443 g/mol. The smallest absolute Gasteiger partial charge is 0.416 e. The maximum absolute atomic E-state index is 12.7. The molecule has 0 unspecified atom stereocenters. The number of benzene rings is 2. The lowest BCUT2D eigenvalue weighted by atomic mass is 10.1. The highest BCUT2D eigenvalue weighted by atomic mass is 32.1. The van der Waals surface area contributed by atoms with Gasteiger partial charge in [0, 0.05) is 28.7 Å². The molecule has 5 nitrogen and oxygen atoms in total. The monoisotopic (exact) mass is 443 g/mol. The van der Waals surface area contributed by atoms with Crippen molar-refractivity contribution in [3.63, 3.8) is 0 Å². The number of nitrogens with two attached hydrogens (primary N) is 1. The van der Waals surface area contributed by atoms with Crippen molar-refractivity contribution in [2.75, 3.05) is 11.1 Å². The Bertz CT molecular complexity index is 1200. The lowest BCUT2D eigenvalue weighted by molar-refractivity contribution is -0.137. The minimum atomic E-state index is -4.36. The highest BCUT2D eigenvalue weighted by Gasteiger charge is 2.29. The fraction of sp³-hybridized carbons (Fsp3) is 0.0909. The lowest BCUT2D eigenvalue weighted by Gasteiger charge is -2.06. The molecule has 2 heterocycles. The molecule has 3 N–H and O–H groups in total. The standard InChI is InChI=1S/C22H16F3N3O2S/c23-22(24,25)15-5-1-13(2-6-15)11-17-12-27-21(31-17)28-20(29)19-10-9-18(30-19)14-3-7-16(26)8-4-14/h1-10,12H,11,26H2,(H,27,28,29). The molecule has 1 amide bonds. The molecule has 4 rings (SSSR count). The summed E-state index contributed by atoms with van der Waals surface area (Å²) in [6.07, 6.45) is -2.37. The SMILES string of the molecule is Nc1ccc(-c2ccc(C(=O)Nc3ncc(Cc4ccc(C(F)(F)F)cc4)s3)o2)cc1. The number of hydrogen-bond donors (Lipinski definition) is 2. The number of nitrogens with one attached hydrogen (secondary N) is 1. The van der Waals surface area contributed by atoms with E-state index in [0.29, 0.717) is 28.6 Å². The van der Waals surface area contributed by atoms with E-state index in [0.717, 1.165) is 22.6 Å². The van der Waals surface area contributed by atoms with Crippen LogP contribution in [0.15, 0.2) is 71.3 Å². The fourth-order valence-corrected chi connectivity index (χ4v) is 3.72. The number of thiazole rings is 1. The zero-order chi connectivity index (χ0) is 22.0. The Morgan fingerprint density at radius 3 is 2.42 bits per heavy atom. The van der Waals surface area contributed by atoms with Crippen LogP contribution < -0.4 is 11.1 Å². The molecule has 0 aliphatic carbocycles. The zero-order valence-electron chi connectivity index (χ0n) is 15.9. The van der Waals surface area contributed by atoms with Gasteiger partial charge in [0.05, 0.1) is 5.56 Å². The normalized spacial score (nSPS) is 11.5. The van der Waals surface area contributed by atoms with E-state index in [2.05, 4.69) is 10.3 Å².